The summed E-state index contributed by atoms with van der Waals surface area (Å²) in [6, 6.07) is 2.61. The van der Waals surface area contributed by atoms with Gasteiger partial charge in [-0.05, 0) is 31.9 Å². The summed E-state index contributed by atoms with van der Waals surface area (Å²) in [4.78, 5) is 22.4. The average molecular weight is 355 g/mol. The second kappa shape index (κ2) is 7.92. The first-order valence-electron chi connectivity index (χ1n) is 9.34. The first-order chi connectivity index (χ1) is 12.8. The van der Waals surface area contributed by atoms with Crippen molar-refractivity contribution < 1.29 is 4.79 Å². The molecule has 0 aliphatic carbocycles. The predicted octanol–water partition coefficient (Wildman–Crippen LogP) is 0.561. The molecule has 0 aromatic carbocycles. The molecule has 0 spiro atoms. The fourth-order valence-corrected chi connectivity index (χ4v) is 3.61. The molecule has 0 radical (unpaired) electrons. The monoisotopic (exact) mass is 355 g/mol. The van der Waals surface area contributed by atoms with Gasteiger partial charge in [0, 0.05) is 51.2 Å². The van der Waals surface area contributed by atoms with Crippen LogP contribution in [0.3, 0.4) is 0 Å². The number of hydrogen-bond acceptors (Lipinski definition) is 6. The van der Waals surface area contributed by atoms with Crippen LogP contribution < -0.4 is 10.6 Å². The van der Waals surface area contributed by atoms with Crippen molar-refractivity contribution in [3.05, 3.63) is 41.7 Å². The second-order valence-corrected chi connectivity index (χ2v) is 6.92. The second-order valence-electron chi connectivity index (χ2n) is 6.92. The van der Waals surface area contributed by atoms with E-state index in [-0.39, 0.29) is 5.91 Å². The largest absolute Gasteiger partial charge is 0.337 e. The van der Waals surface area contributed by atoms with E-state index in [1.165, 1.54) is 11.9 Å². The number of hydrogen-bond donors (Lipinski definition) is 2. The molecule has 1 amide bonds. The Kier molecular flexibility index (Phi) is 5.21. The standard InChI is InChI=1S/C18H25N7O/c26-18(17-13-20-5-6-21-17)24-8-2-14(3-9-24)22-11-15-10-16-12-19-4-1-7-25(16)23-15/h5-6,10,13-14,19,22H,1-4,7-9,11-12H2. The third-order valence-corrected chi connectivity index (χ3v) is 5.08. The van der Waals surface area contributed by atoms with Gasteiger partial charge in [-0.25, -0.2) is 4.98 Å². The Hall–Kier alpha value is -2.32. The van der Waals surface area contributed by atoms with E-state index in [9.17, 15) is 4.79 Å². The molecule has 8 heteroatoms. The number of nitrogens with zero attached hydrogens (tertiary/aromatic N) is 5. The minimum atomic E-state index is -0.0260. The Labute approximate surface area is 153 Å². The number of carbonyl (C=O) groups is 1. The van der Waals surface area contributed by atoms with Gasteiger partial charge in [0.25, 0.3) is 5.91 Å². The lowest BCUT2D eigenvalue weighted by Crippen LogP contribution is -2.45. The van der Waals surface area contributed by atoms with Crippen molar-refractivity contribution in [1.82, 2.24) is 35.3 Å². The van der Waals surface area contributed by atoms with E-state index >= 15 is 0 Å². The summed E-state index contributed by atoms with van der Waals surface area (Å²) in [6.07, 6.45) is 7.69. The Morgan fingerprint density at radius 2 is 2.15 bits per heavy atom. The molecule has 2 aliphatic rings. The summed E-state index contributed by atoms with van der Waals surface area (Å²) in [5.74, 6) is -0.0260. The Bertz CT molecular complexity index is 714. The quantitative estimate of drug-likeness (QED) is 0.833. The third kappa shape index (κ3) is 3.91. The molecule has 0 bridgehead atoms. The van der Waals surface area contributed by atoms with E-state index in [4.69, 9.17) is 5.10 Å². The van der Waals surface area contributed by atoms with Crippen LogP contribution in [0.15, 0.2) is 24.7 Å². The van der Waals surface area contributed by atoms with Crippen molar-refractivity contribution in [2.24, 2.45) is 0 Å². The van der Waals surface area contributed by atoms with E-state index in [2.05, 4.69) is 31.3 Å². The predicted molar refractivity (Wildman–Crippen MR) is 96.3 cm³/mol. The van der Waals surface area contributed by atoms with Crippen LogP contribution >= 0.6 is 0 Å². The van der Waals surface area contributed by atoms with Gasteiger partial charge in [0.05, 0.1) is 17.6 Å². The van der Waals surface area contributed by atoms with Crippen LogP contribution in [0.5, 0.6) is 0 Å². The van der Waals surface area contributed by atoms with Gasteiger partial charge in [-0.3, -0.25) is 14.5 Å². The number of amides is 1. The molecule has 4 heterocycles. The van der Waals surface area contributed by atoms with Gasteiger partial charge in [0.15, 0.2) is 0 Å². The maximum Gasteiger partial charge on any atom is 0.274 e. The highest BCUT2D eigenvalue weighted by atomic mass is 16.2. The first-order valence-corrected chi connectivity index (χ1v) is 9.34. The zero-order valence-electron chi connectivity index (χ0n) is 14.9. The summed E-state index contributed by atoms with van der Waals surface area (Å²) in [7, 11) is 0. The van der Waals surface area contributed by atoms with Gasteiger partial charge in [-0.2, -0.15) is 5.10 Å². The minimum Gasteiger partial charge on any atom is -0.337 e. The minimum absolute atomic E-state index is 0.0260. The van der Waals surface area contributed by atoms with Gasteiger partial charge < -0.3 is 15.5 Å². The van der Waals surface area contributed by atoms with Crippen LogP contribution in [0.4, 0.5) is 0 Å². The SMILES string of the molecule is O=C(c1cnccn1)N1CCC(NCc2cc3n(n2)CCCNC3)CC1. The maximum atomic E-state index is 12.4. The van der Waals surface area contributed by atoms with E-state index in [0.29, 0.717) is 11.7 Å². The van der Waals surface area contributed by atoms with Gasteiger partial charge in [0.1, 0.15) is 5.69 Å². The van der Waals surface area contributed by atoms with Gasteiger partial charge in [-0.1, -0.05) is 0 Å². The average Bonchev–Trinajstić information content (AvgIpc) is 2.96. The van der Waals surface area contributed by atoms with Gasteiger partial charge in [0.2, 0.25) is 0 Å². The van der Waals surface area contributed by atoms with E-state index < -0.39 is 0 Å². The Balaban J connectivity index is 1.26. The van der Waals surface area contributed by atoms with Crippen molar-refractivity contribution in [3.63, 3.8) is 0 Å². The van der Waals surface area contributed by atoms with Crippen LogP contribution in [0.1, 0.15) is 41.1 Å². The van der Waals surface area contributed by atoms with E-state index in [1.54, 1.807) is 12.4 Å². The number of piperidine rings is 1. The molecule has 8 nitrogen and oxygen atoms in total. The summed E-state index contributed by atoms with van der Waals surface area (Å²) in [5.41, 5.74) is 2.79. The molecule has 1 saturated heterocycles. The third-order valence-electron chi connectivity index (χ3n) is 5.08. The summed E-state index contributed by atoms with van der Waals surface area (Å²) in [6.45, 7) is 5.22. The van der Waals surface area contributed by atoms with Crippen molar-refractivity contribution in [1.29, 1.82) is 0 Å². The van der Waals surface area contributed by atoms with Crippen LogP contribution in [-0.4, -0.2) is 56.2 Å². The molecular formula is C18H25N7O. The molecule has 0 atom stereocenters. The van der Waals surface area contributed by atoms with Crippen LogP contribution in [-0.2, 0) is 19.6 Å². The van der Waals surface area contributed by atoms with Gasteiger partial charge >= 0.3 is 0 Å². The summed E-state index contributed by atoms with van der Waals surface area (Å²) >= 11 is 0. The normalized spacial score (nSPS) is 18.4. The fraction of sp³-hybridized carbons (Fsp3) is 0.556. The number of rotatable bonds is 4. The van der Waals surface area contributed by atoms with Crippen molar-refractivity contribution in [2.75, 3.05) is 19.6 Å². The molecule has 0 saturated carbocycles. The highest BCUT2D eigenvalue weighted by Crippen LogP contribution is 2.14. The Morgan fingerprint density at radius 1 is 1.27 bits per heavy atom. The molecular weight excluding hydrogens is 330 g/mol. The highest BCUT2D eigenvalue weighted by Gasteiger charge is 2.24. The van der Waals surface area contributed by atoms with E-state index in [0.717, 1.165) is 64.2 Å². The zero-order chi connectivity index (χ0) is 17.8. The lowest BCUT2D eigenvalue weighted by atomic mass is 10.0. The highest BCUT2D eigenvalue weighted by molar-refractivity contribution is 5.92. The van der Waals surface area contributed by atoms with E-state index in [1.807, 2.05) is 4.90 Å². The van der Waals surface area contributed by atoms with Crippen molar-refractivity contribution in [2.45, 2.75) is 44.9 Å². The first kappa shape index (κ1) is 17.1. The van der Waals surface area contributed by atoms with Crippen molar-refractivity contribution in [3.8, 4) is 0 Å². The van der Waals surface area contributed by atoms with Crippen LogP contribution in [0.2, 0.25) is 0 Å². The van der Waals surface area contributed by atoms with Crippen LogP contribution in [0.25, 0.3) is 0 Å². The topological polar surface area (TPSA) is 88.0 Å². The number of carbonyl (C=O) groups excluding carboxylic acids is 1. The number of fused-ring (bicyclic) bond motifs is 1. The number of nitrogens with one attached hydrogen (secondary N) is 2. The Morgan fingerprint density at radius 3 is 2.96 bits per heavy atom. The summed E-state index contributed by atoms with van der Waals surface area (Å²) < 4.78 is 2.12. The zero-order valence-corrected chi connectivity index (χ0v) is 14.9. The molecule has 1 fully saturated rings. The van der Waals surface area contributed by atoms with Crippen LogP contribution in [0, 0.1) is 0 Å². The lowest BCUT2D eigenvalue weighted by molar-refractivity contribution is 0.0698. The molecule has 0 unspecified atom stereocenters. The molecule has 2 aromatic heterocycles. The number of aryl methyl sites for hydroxylation is 1. The molecule has 26 heavy (non-hydrogen) atoms. The smallest absolute Gasteiger partial charge is 0.274 e. The molecule has 2 aromatic rings. The number of likely N-dealkylation sites (tertiary alicyclic amines) is 1. The summed E-state index contributed by atoms with van der Waals surface area (Å²) in [5, 5.41) is 11.7. The fourth-order valence-electron chi connectivity index (χ4n) is 3.61. The molecule has 2 N–H and O–H groups in total. The molecule has 2 aliphatic heterocycles. The molecule has 4 rings (SSSR count). The van der Waals surface area contributed by atoms with Gasteiger partial charge in [-0.15, -0.1) is 0 Å². The van der Waals surface area contributed by atoms with Crippen molar-refractivity contribution >= 4 is 5.91 Å². The maximum absolute atomic E-state index is 12.4. The number of aromatic nitrogens is 4. The molecule has 138 valence electrons. The lowest BCUT2D eigenvalue weighted by Gasteiger charge is -2.32.